The lowest BCUT2D eigenvalue weighted by molar-refractivity contribution is 0.118. The van der Waals surface area contributed by atoms with E-state index in [0.29, 0.717) is 6.04 Å². The second-order valence-corrected chi connectivity index (χ2v) is 7.02. The van der Waals surface area contributed by atoms with Gasteiger partial charge in [0.25, 0.3) is 0 Å². The summed E-state index contributed by atoms with van der Waals surface area (Å²) < 4.78 is 0. The molecule has 2 aliphatic rings. The first-order valence-corrected chi connectivity index (χ1v) is 8.93. The maximum Gasteiger partial charge on any atom is 0.0775 e. The molecule has 2 aromatic rings. The third kappa shape index (κ3) is 3.36. The molecular formula is C20H25N3O. The van der Waals surface area contributed by atoms with Gasteiger partial charge in [0, 0.05) is 31.4 Å². The van der Waals surface area contributed by atoms with Crippen molar-refractivity contribution in [2.45, 2.75) is 44.0 Å². The summed E-state index contributed by atoms with van der Waals surface area (Å²) >= 11 is 0. The summed E-state index contributed by atoms with van der Waals surface area (Å²) in [5, 5.41) is 14.1. The molecule has 1 aliphatic carbocycles. The first kappa shape index (κ1) is 15.8. The zero-order chi connectivity index (χ0) is 16.4. The molecule has 0 unspecified atom stereocenters. The summed E-state index contributed by atoms with van der Waals surface area (Å²) in [4.78, 5) is 6.59. The summed E-state index contributed by atoms with van der Waals surface area (Å²) in [7, 11) is 0. The standard InChI is InChI=1S/C20H25N3O/c24-19-13-16-3-1-2-4-18(16)20(19)22-17-7-11-23(12-8-17)14-15-5-9-21-10-6-15/h1-6,9-10,17,19-20,22,24H,7-8,11-14H2/t19-,20+/m0/s1. The molecule has 4 heteroatoms. The van der Waals surface area contributed by atoms with Gasteiger partial charge in [0.05, 0.1) is 12.1 Å². The second-order valence-electron chi connectivity index (χ2n) is 7.02. The summed E-state index contributed by atoms with van der Waals surface area (Å²) in [6.07, 6.45) is 6.48. The molecule has 0 spiro atoms. The summed E-state index contributed by atoms with van der Waals surface area (Å²) in [5.74, 6) is 0. The van der Waals surface area contributed by atoms with E-state index < -0.39 is 0 Å². The monoisotopic (exact) mass is 323 g/mol. The molecule has 0 bridgehead atoms. The van der Waals surface area contributed by atoms with E-state index >= 15 is 0 Å². The molecule has 4 nitrogen and oxygen atoms in total. The number of nitrogens with zero attached hydrogens (tertiary/aromatic N) is 2. The van der Waals surface area contributed by atoms with Gasteiger partial charge in [-0.05, 0) is 54.8 Å². The molecule has 1 aliphatic heterocycles. The highest BCUT2D eigenvalue weighted by atomic mass is 16.3. The van der Waals surface area contributed by atoms with Gasteiger partial charge >= 0.3 is 0 Å². The van der Waals surface area contributed by atoms with Crippen LogP contribution in [0.4, 0.5) is 0 Å². The Morgan fingerprint density at radius 2 is 1.83 bits per heavy atom. The Morgan fingerprint density at radius 3 is 2.62 bits per heavy atom. The van der Waals surface area contributed by atoms with Crippen molar-refractivity contribution < 1.29 is 5.11 Å². The molecule has 2 atom stereocenters. The average Bonchev–Trinajstić information content (AvgIpc) is 2.93. The molecule has 1 saturated heterocycles. The minimum atomic E-state index is -0.294. The van der Waals surface area contributed by atoms with Crippen molar-refractivity contribution >= 4 is 0 Å². The van der Waals surface area contributed by atoms with E-state index in [4.69, 9.17) is 0 Å². The highest BCUT2D eigenvalue weighted by Crippen LogP contribution is 2.32. The maximum atomic E-state index is 10.4. The van der Waals surface area contributed by atoms with Crippen LogP contribution in [0.5, 0.6) is 0 Å². The Bertz CT molecular complexity index is 668. The summed E-state index contributed by atoms with van der Waals surface area (Å²) in [6, 6.07) is 13.2. The molecule has 1 aromatic heterocycles. The second kappa shape index (κ2) is 7.01. The van der Waals surface area contributed by atoms with Crippen molar-refractivity contribution in [3.63, 3.8) is 0 Å². The van der Waals surface area contributed by atoms with Crippen LogP contribution in [-0.4, -0.2) is 40.2 Å². The first-order valence-electron chi connectivity index (χ1n) is 8.93. The van der Waals surface area contributed by atoms with E-state index in [1.54, 1.807) is 0 Å². The van der Waals surface area contributed by atoms with E-state index in [1.165, 1.54) is 16.7 Å². The van der Waals surface area contributed by atoms with Crippen LogP contribution in [0.2, 0.25) is 0 Å². The fourth-order valence-corrected chi connectivity index (χ4v) is 4.03. The lowest BCUT2D eigenvalue weighted by Gasteiger charge is -2.34. The van der Waals surface area contributed by atoms with Crippen LogP contribution in [0, 0.1) is 0 Å². The molecule has 0 radical (unpaired) electrons. The van der Waals surface area contributed by atoms with Gasteiger partial charge in [0.1, 0.15) is 0 Å². The molecule has 1 aromatic carbocycles. The third-order valence-electron chi connectivity index (χ3n) is 5.36. The van der Waals surface area contributed by atoms with Gasteiger partial charge in [0.2, 0.25) is 0 Å². The first-order chi connectivity index (χ1) is 11.8. The Hall–Kier alpha value is -1.75. The van der Waals surface area contributed by atoms with Crippen LogP contribution >= 0.6 is 0 Å². The maximum absolute atomic E-state index is 10.4. The van der Waals surface area contributed by atoms with Crippen LogP contribution in [0.1, 0.15) is 35.6 Å². The fourth-order valence-electron chi connectivity index (χ4n) is 4.03. The smallest absolute Gasteiger partial charge is 0.0775 e. The van der Waals surface area contributed by atoms with Crippen LogP contribution in [0.25, 0.3) is 0 Å². The molecular weight excluding hydrogens is 298 g/mol. The van der Waals surface area contributed by atoms with Crippen molar-refractivity contribution in [3.8, 4) is 0 Å². The average molecular weight is 323 g/mol. The number of rotatable bonds is 4. The predicted molar refractivity (Wildman–Crippen MR) is 94.6 cm³/mol. The molecule has 24 heavy (non-hydrogen) atoms. The third-order valence-corrected chi connectivity index (χ3v) is 5.36. The summed E-state index contributed by atoms with van der Waals surface area (Å²) in [5.41, 5.74) is 3.90. The van der Waals surface area contributed by atoms with Crippen molar-refractivity contribution in [1.29, 1.82) is 0 Å². The van der Waals surface area contributed by atoms with Gasteiger partial charge in [-0.25, -0.2) is 0 Å². The van der Waals surface area contributed by atoms with E-state index in [9.17, 15) is 5.11 Å². The number of hydrogen-bond donors (Lipinski definition) is 2. The predicted octanol–water partition coefficient (Wildman–Crippen LogP) is 2.29. The zero-order valence-electron chi connectivity index (χ0n) is 13.9. The molecule has 126 valence electrons. The van der Waals surface area contributed by atoms with Gasteiger partial charge in [-0.3, -0.25) is 9.88 Å². The number of piperidine rings is 1. The lowest BCUT2D eigenvalue weighted by Crippen LogP contribution is -2.45. The fraction of sp³-hybridized carbons (Fsp3) is 0.450. The largest absolute Gasteiger partial charge is 0.391 e. The number of fused-ring (bicyclic) bond motifs is 1. The van der Waals surface area contributed by atoms with Crippen molar-refractivity contribution in [3.05, 3.63) is 65.5 Å². The molecule has 0 amide bonds. The Morgan fingerprint density at radius 1 is 1.08 bits per heavy atom. The zero-order valence-corrected chi connectivity index (χ0v) is 13.9. The van der Waals surface area contributed by atoms with Gasteiger partial charge < -0.3 is 10.4 Å². The Kier molecular flexibility index (Phi) is 4.60. The number of aliphatic hydroxyl groups is 1. The van der Waals surface area contributed by atoms with Crippen molar-refractivity contribution in [1.82, 2.24) is 15.2 Å². The van der Waals surface area contributed by atoms with Gasteiger partial charge in [-0.2, -0.15) is 0 Å². The Labute approximate surface area is 143 Å². The van der Waals surface area contributed by atoms with Crippen LogP contribution in [0.3, 0.4) is 0 Å². The highest BCUT2D eigenvalue weighted by molar-refractivity contribution is 5.36. The minimum absolute atomic E-state index is 0.0953. The van der Waals surface area contributed by atoms with Crippen LogP contribution in [0.15, 0.2) is 48.8 Å². The Balaban J connectivity index is 1.32. The minimum Gasteiger partial charge on any atom is -0.391 e. The quantitative estimate of drug-likeness (QED) is 0.906. The number of pyridine rings is 1. The SMILES string of the molecule is O[C@H]1Cc2ccccc2[C@H]1NC1CCN(Cc2ccncc2)CC1. The summed E-state index contributed by atoms with van der Waals surface area (Å²) in [6.45, 7) is 3.21. The van der Waals surface area contributed by atoms with Crippen LogP contribution < -0.4 is 5.32 Å². The van der Waals surface area contributed by atoms with Gasteiger partial charge in [-0.15, -0.1) is 0 Å². The lowest BCUT2D eigenvalue weighted by atomic mass is 10.0. The number of aromatic nitrogens is 1. The van der Waals surface area contributed by atoms with Gasteiger partial charge in [0.15, 0.2) is 0 Å². The molecule has 2 N–H and O–H groups in total. The topological polar surface area (TPSA) is 48.4 Å². The number of benzene rings is 1. The molecule has 2 heterocycles. The number of hydrogen-bond acceptors (Lipinski definition) is 4. The van der Waals surface area contributed by atoms with E-state index in [0.717, 1.165) is 38.9 Å². The van der Waals surface area contributed by atoms with E-state index in [-0.39, 0.29) is 12.1 Å². The van der Waals surface area contributed by atoms with Crippen LogP contribution in [-0.2, 0) is 13.0 Å². The van der Waals surface area contributed by atoms with Crippen molar-refractivity contribution in [2.24, 2.45) is 0 Å². The molecule has 0 saturated carbocycles. The van der Waals surface area contributed by atoms with Crippen molar-refractivity contribution in [2.75, 3.05) is 13.1 Å². The normalized spacial score (nSPS) is 24.9. The molecule has 4 rings (SSSR count). The van der Waals surface area contributed by atoms with E-state index in [1.807, 2.05) is 12.4 Å². The molecule has 1 fully saturated rings. The number of likely N-dealkylation sites (tertiary alicyclic amines) is 1. The highest BCUT2D eigenvalue weighted by Gasteiger charge is 2.32. The number of nitrogens with one attached hydrogen (secondary N) is 1. The van der Waals surface area contributed by atoms with Gasteiger partial charge in [-0.1, -0.05) is 24.3 Å². The van der Waals surface area contributed by atoms with E-state index in [2.05, 4.69) is 51.6 Å². The number of aliphatic hydroxyl groups excluding tert-OH is 1.